The number of fused-ring (bicyclic) bond motifs is 1. The van der Waals surface area contributed by atoms with Gasteiger partial charge in [-0.15, -0.1) is 0 Å². The molecule has 1 aliphatic rings. The van der Waals surface area contributed by atoms with E-state index in [-0.39, 0.29) is 11.9 Å². The van der Waals surface area contributed by atoms with Crippen LogP contribution in [-0.4, -0.2) is 37.0 Å². The Morgan fingerprint density at radius 1 is 0.967 bits per heavy atom. The first-order valence-electron chi connectivity index (χ1n) is 10.4. The topological polar surface area (TPSA) is 58.6 Å². The van der Waals surface area contributed by atoms with Crippen LogP contribution in [0.15, 0.2) is 54.6 Å². The van der Waals surface area contributed by atoms with Crippen LogP contribution >= 0.6 is 0 Å². The number of benzene rings is 3. The van der Waals surface area contributed by atoms with Gasteiger partial charge in [0.05, 0.1) is 12.7 Å². The molecular weight excluding hydrogens is 376 g/mol. The first kappa shape index (κ1) is 20.0. The lowest BCUT2D eigenvalue weighted by atomic mass is 9.97. The molecule has 1 saturated heterocycles. The molecule has 5 heteroatoms. The molecule has 0 saturated carbocycles. The molecule has 0 radical (unpaired) electrons. The van der Waals surface area contributed by atoms with Gasteiger partial charge in [-0.05, 0) is 67.5 Å². The zero-order valence-corrected chi connectivity index (χ0v) is 17.4. The van der Waals surface area contributed by atoms with Gasteiger partial charge in [0.2, 0.25) is 0 Å². The molecule has 0 atom stereocenters. The lowest BCUT2D eigenvalue weighted by Crippen LogP contribution is -2.35. The van der Waals surface area contributed by atoms with Crippen molar-refractivity contribution in [3.8, 4) is 0 Å². The fraction of sp³-hybridized carbons (Fsp3) is 0.280. The lowest BCUT2D eigenvalue weighted by molar-refractivity contribution is 0.0600. The number of piperidine rings is 1. The van der Waals surface area contributed by atoms with E-state index in [2.05, 4.69) is 5.32 Å². The Bertz CT molecular complexity index is 1100. The molecule has 0 aliphatic carbocycles. The molecule has 4 rings (SSSR count). The van der Waals surface area contributed by atoms with Crippen LogP contribution < -0.4 is 5.32 Å². The molecule has 1 heterocycles. The van der Waals surface area contributed by atoms with Crippen molar-refractivity contribution >= 4 is 34.0 Å². The van der Waals surface area contributed by atoms with Crippen molar-refractivity contribution in [3.05, 3.63) is 71.3 Å². The fourth-order valence-electron chi connectivity index (χ4n) is 4.14. The van der Waals surface area contributed by atoms with Gasteiger partial charge in [0.25, 0.3) is 5.91 Å². The minimum atomic E-state index is -0.373. The first-order valence-corrected chi connectivity index (χ1v) is 10.4. The van der Waals surface area contributed by atoms with E-state index < -0.39 is 0 Å². The van der Waals surface area contributed by atoms with Crippen molar-refractivity contribution < 1.29 is 14.3 Å². The third-order valence-electron chi connectivity index (χ3n) is 5.69. The van der Waals surface area contributed by atoms with E-state index in [4.69, 9.17) is 4.74 Å². The van der Waals surface area contributed by atoms with Crippen LogP contribution in [0, 0.1) is 6.92 Å². The monoisotopic (exact) mass is 402 g/mol. The molecule has 0 bridgehead atoms. The largest absolute Gasteiger partial charge is 0.465 e. The molecule has 1 fully saturated rings. The zero-order chi connectivity index (χ0) is 21.1. The van der Waals surface area contributed by atoms with Crippen LogP contribution in [0.4, 0.5) is 11.4 Å². The summed E-state index contributed by atoms with van der Waals surface area (Å²) in [5, 5.41) is 5.37. The summed E-state index contributed by atoms with van der Waals surface area (Å²) in [5.74, 6) is -0.268. The van der Waals surface area contributed by atoms with E-state index >= 15 is 0 Å². The number of ether oxygens (including phenoxy) is 1. The average Bonchev–Trinajstić information content (AvgIpc) is 2.79. The fourth-order valence-corrected chi connectivity index (χ4v) is 4.14. The Morgan fingerprint density at radius 3 is 2.50 bits per heavy atom. The Hall–Kier alpha value is -3.34. The Labute approximate surface area is 176 Å². The smallest absolute Gasteiger partial charge is 0.337 e. The highest BCUT2D eigenvalue weighted by Gasteiger charge is 2.21. The molecule has 3 aromatic carbocycles. The Balaban J connectivity index is 1.73. The highest BCUT2D eigenvalue weighted by molar-refractivity contribution is 6.12. The molecule has 154 valence electrons. The van der Waals surface area contributed by atoms with Gasteiger partial charge in [-0.2, -0.15) is 0 Å². The van der Waals surface area contributed by atoms with Gasteiger partial charge in [-0.25, -0.2) is 4.79 Å². The SMILES string of the molecule is COC(=O)c1cccc(Nc2ccc(C(=O)N3CCCCC3)c3c(C)cccc23)c1. The molecule has 1 aliphatic heterocycles. The van der Waals surface area contributed by atoms with E-state index in [9.17, 15) is 9.59 Å². The number of aryl methyl sites for hydroxylation is 1. The summed E-state index contributed by atoms with van der Waals surface area (Å²) >= 11 is 0. The van der Waals surface area contributed by atoms with Crippen LogP contribution in [0.3, 0.4) is 0 Å². The second-order valence-corrected chi connectivity index (χ2v) is 7.71. The predicted octanol–water partition coefficient (Wildman–Crippen LogP) is 5.30. The highest BCUT2D eigenvalue weighted by atomic mass is 16.5. The van der Waals surface area contributed by atoms with E-state index in [1.165, 1.54) is 13.5 Å². The second kappa shape index (κ2) is 8.57. The highest BCUT2D eigenvalue weighted by Crippen LogP contribution is 2.32. The first-order chi connectivity index (χ1) is 14.6. The summed E-state index contributed by atoms with van der Waals surface area (Å²) in [4.78, 5) is 27.1. The number of methoxy groups -OCH3 is 1. The quantitative estimate of drug-likeness (QED) is 0.601. The van der Waals surface area contributed by atoms with Crippen molar-refractivity contribution in [2.45, 2.75) is 26.2 Å². The third kappa shape index (κ3) is 3.88. The zero-order valence-electron chi connectivity index (χ0n) is 17.4. The summed E-state index contributed by atoms with van der Waals surface area (Å²) in [6.07, 6.45) is 3.33. The molecule has 1 N–H and O–H groups in total. The summed E-state index contributed by atoms with van der Waals surface area (Å²) in [6, 6.07) is 17.1. The van der Waals surface area contributed by atoms with Gasteiger partial charge >= 0.3 is 5.97 Å². The molecule has 0 spiro atoms. The van der Waals surface area contributed by atoms with Crippen molar-refractivity contribution in [2.24, 2.45) is 0 Å². The van der Waals surface area contributed by atoms with Crippen LogP contribution in [0.25, 0.3) is 10.8 Å². The van der Waals surface area contributed by atoms with Gasteiger partial charge < -0.3 is 15.0 Å². The summed E-state index contributed by atoms with van der Waals surface area (Å²) in [5.41, 5.74) is 3.99. The van der Waals surface area contributed by atoms with Crippen molar-refractivity contribution in [1.29, 1.82) is 0 Å². The minimum absolute atomic E-state index is 0.105. The number of rotatable bonds is 4. The van der Waals surface area contributed by atoms with E-state index in [1.807, 2.05) is 54.3 Å². The Morgan fingerprint density at radius 2 is 1.73 bits per heavy atom. The van der Waals surface area contributed by atoms with Gasteiger partial charge in [0, 0.05) is 35.4 Å². The normalized spacial score (nSPS) is 13.9. The Kier molecular flexibility index (Phi) is 5.70. The maximum Gasteiger partial charge on any atom is 0.337 e. The standard InChI is InChI=1S/C25H26N2O3/c1-17-8-6-11-20-22(26-19-10-7-9-18(16-19)25(29)30-2)13-12-21(23(17)20)24(28)27-14-4-3-5-15-27/h6-13,16,26H,3-5,14-15H2,1-2H3. The third-order valence-corrected chi connectivity index (χ3v) is 5.69. The molecule has 3 aromatic rings. The molecular formula is C25H26N2O3. The number of carbonyl (C=O) groups is 2. The lowest BCUT2D eigenvalue weighted by Gasteiger charge is -2.27. The van der Waals surface area contributed by atoms with Gasteiger partial charge in [-0.3, -0.25) is 4.79 Å². The summed E-state index contributed by atoms with van der Waals surface area (Å²) in [7, 11) is 1.37. The minimum Gasteiger partial charge on any atom is -0.465 e. The number of nitrogens with one attached hydrogen (secondary N) is 1. The van der Waals surface area contributed by atoms with Crippen LogP contribution in [0.2, 0.25) is 0 Å². The van der Waals surface area contributed by atoms with Crippen molar-refractivity contribution in [3.63, 3.8) is 0 Å². The number of amides is 1. The van der Waals surface area contributed by atoms with Crippen molar-refractivity contribution in [1.82, 2.24) is 4.90 Å². The summed E-state index contributed by atoms with van der Waals surface area (Å²) < 4.78 is 4.82. The van der Waals surface area contributed by atoms with Crippen LogP contribution in [0.1, 0.15) is 45.5 Å². The maximum absolute atomic E-state index is 13.2. The van der Waals surface area contributed by atoms with Crippen LogP contribution in [-0.2, 0) is 4.74 Å². The summed E-state index contributed by atoms with van der Waals surface area (Å²) in [6.45, 7) is 3.69. The average molecular weight is 402 g/mol. The van der Waals surface area contributed by atoms with E-state index in [1.54, 1.807) is 12.1 Å². The number of likely N-dealkylation sites (tertiary alicyclic amines) is 1. The second-order valence-electron chi connectivity index (χ2n) is 7.71. The number of hydrogen-bond donors (Lipinski definition) is 1. The number of hydrogen-bond acceptors (Lipinski definition) is 4. The molecule has 1 amide bonds. The number of carbonyl (C=O) groups excluding carboxylic acids is 2. The molecule has 0 aromatic heterocycles. The molecule has 0 unspecified atom stereocenters. The maximum atomic E-state index is 13.2. The molecule has 30 heavy (non-hydrogen) atoms. The van der Waals surface area contributed by atoms with Crippen LogP contribution in [0.5, 0.6) is 0 Å². The number of anilines is 2. The predicted molar refractivity (Wildman–Crippen MR) is 120 cm³/mol. The molecule has 5 nitrogen and oxygen atoms in total. The number of esters is 1. The number of nitrogens with zero attached hydrogens (tertiary/aromatic N) is 1. The van der Waals surface area contributed by atoms with Gasteiger partial charge in [0.15, 0.2) is 0 Å². The van der Waals surface area contributed by atoms with Crippen molar-refractivity contribution in [2.75, 3.05) is 25.5 Å². The van der Waals surface area contributed by atoms with E-state index in [0.717, 1.165) is 59.2 Å². The van der Waals surface area contributed by atoms with Gasteiger partial charge in [-0.1, -0.05) is 24.3 Å². The van der Waals surface area contributed by atoms with Gasteiger partial charge in [0.1, 0.15) is 0 Å². The van der Waals surface area contributed by atoms with E-state index in [0.29, 0.717) is 5.56 Å².